The Bertz CT molecular complexity index is 1270. The molecule has 4 aromatic rings. The minimum absolute atomic E-state index is 0.734. The summed E-state index contributed by atoms with van der Waals surface area (Å²) in [5.74, 6) is 0. The number of aromatic nitrogens is 3. The Morgan fingerprint density at radius 3 is 2.74 bits per heavy atom. The van der Waals surface area contributed by atoms with Crippen LogP contribution in [0.15, 0.2) is 61.1 Å². The van der Waals surface area contributed by atoms with Gasteiger partial charge in [-0.2, -0.15) is 10.4 Å². The molecule has 5 rings (SSSR count). The SMILES string of the molecule is CN1CCN(Cc2cn(C)nc2-c2cccnc2)c2cc(-c3ccc(C#N)s3)ccc21. The van der Waals surface area contributed by atoms with E-state index in [9.17, 15) is 5.26 Å². The Morgan fingerprint density at radius 2 is 1.97 bits per heavy atom. The van der Waals surface area contributed by atoms with E-state index in [4.69, 9.17) is 5.10 Å². The monoisotopic (exact) mass is 426 g/mol. The summed E-state index contributed by atoms with van der Waals surface area (Å²) < 4.78 is 1.88. The fourth-order valence-electron chi connectivity index (χ4n) is 4.09. The molecule has 0 atom stereocenters. The summed E-state index contributed by atoms with van der Waals surface area (Å²) >= 11 is 1.53. The van der Waals surface area contributed by atoms with Crippen LogP contribution in [-0.2, 0) is 13.6 Å². The van der Waals surface area contributed by atoms with Gasteiger partial charge in [-0.1, -0.05) is 6.07 Å². The van der Waals surface area contributed by atoms with Crippen molar-refractivity contribution >= 4 is 22.7 Å². The van der Waals surface area contributed by atoms with Gasteiger partial charge in [0.1, 0.15) is 10.9 Å². The number of pyridine rings is 1. The van der Waals surface area contributed by atoms with E-state index in [-0.39, 0.29) is 0 Å². The van der Waals surface area contributed by atoms with Gasteiger partial charge in [0.25, 0.3) is 0 Å². The summed E-state index contributed by atoms with van der Waals surface area (Å²) in [6.07, 6.45) is 5.75. The minimum Gasteiger partial charge on any atom is -0.371 e. The fourth-order valence-corrected chi connectivity index (χ4v) is 4.89. The van der Waals surface area contributed by atoms with Crippen molar-refractivity contribution < 1.29 is 0 Å². The highest BCUT2D eigenvalue weighted by molar-refractivity contribution is 7.16. The summed E-state index contributed by atoms with van der Waals surface area (Å²) in [7, 11) is 4.10. The number of hydrogen-bond donors (Lipinski definition) is 0. The highest BCUT2D eigenvalue weighted by atomic mass is 32.1. The maximum absolute atomic E-state index is 9.19. The summed E-state index contributed by atoms with van der Waals surface area (Å²) in [6.45, 7) is 2.67. The molecule has 1 aromatic carbocycles. The lowest BCUT2D eigenvalue weighted by molar-refractivity contribution is 0.732. The third-order valence-electron chi connectivity index (χ3n) is 5.63. The normalized spacial score (nSPS) is 13.2. The molecule has 1 aliphatic heterocycles. The van der Waals surface area contributed by atoms with Crippen molar-refractivity contribution in [1.82, 2.24) is 14.8 Å². The molecule has 1 aliphatic rings. The number of nitrogens with zero attached hydrogens (tertiary/aromatic N) is 6. The average Bonchev–Trinajstić information content (AvgIpc) is 3.42. The molecular formula is C24H22N6S. The van der Waals surface area contributed by atoms with Gasteiger partial charge in [-0.3, -0.25) is 9.67 Å². The second kappa shape index (κ2) is 7.89. The number of thiophene rings is 1. The predicted molar refractivity (Wildman–Crippen MR) is 125 cm³/mol. The summed E-state index contributed by atoms with van der Waals surface area (Å²) in [4.78, 5) is 10.8. The molecule has 0 amide bonds. The van der Waals surface area contributed by atoms with Crippen molar-refractivity contribution in [2.75, 3.05) is 29.9 Å². The van der Waals surface area contributed by atoms with Crippen LogP contribution in [0, 0.1) is 11.3 Å². The van der Waals surface area contributed by atoms with E-state index in [2.05, 4.69) is 58.4 Å². The van der Waals surface area contributed by atoms with Crippen LogP contribution >= 0.6 is 11.3 Å². The van der Waals surface area contributed by atoms with Gasteiger partial charge in [0.2, 0.25) is 0 Å². The van der Waals surface area contributed by atoms with E-state index < -0.39 is 0 Å². The summed E-state index contributed by atoms with van der Waals surface area (Å²) in [6, 6.07) is 16.7. The lowest BCUT2D eigenvalue weighted by atomic mass is 10.1. The molecule has 0 spiro atoms. The number of hydrogen-bond acceptors (Lipinski definition) is 6. The molecule has 7 heteroatoms. The van der Waals surface area contributed by atoms with Crippen LogP contribution in [-0.4, -0.2) is 34.9 Å². The number of rotatable bonds is 4. The summed E-state index contributed by atoms with van der Waals surface area (Å²) in [5, 5.41) is 13.9. The summed E-state index contributed by atoms with van der Waals surface area (Å²) in [5.41, 5.74) is 6.76. The second-order valence-electron chi connectivity index (χ2n) is 7.74. The van der Waals surface area contributed by atoms with Gasteiger partial charge < -0.3 is 9.80 Å². The lowest BCUT2D eigenvalue weighted by Crippen LogP contribution is -2.38. The van der Waals surface area contributed by atoms with Crippen LogP contribution in [0.2, 0.25) is 0 Å². The van der Waals surface area contributed by atoms with E-state index >= 15 is 0 Å². The van der Waals surface area contributed by atoms with Crippen LogP contribution in [0.1, 0.15) is 10.4 Å². The molecule has 3 aromatic heterocycles. The first-order valence-corrected chi connectivity index (χ1v) is 11.0. The van der Waals surface area contributed by atoms with Crippen LogP contribution < -0.4 is 9.80 Å². The first-order chi connectivity index (χ1) is 15.1. The van der Waals surface area contributed by atoms with E-state index in [1.807, 2.05) is 36.1 Å². The molecule has 4 heterocycles. The molecule has 0 N–H and O–H groups in total. The highest BCUT2D eigenvalue weighted by Gasteiger charge is 2.23. The van der Waals surface area contributed by atoms with Gasteiger partial charge in [-0.25, -0.2) is 0 Å². The maximum atomic E-state index is 9.19. The molecule has 6 nitrogen and oxygen atoms in total. The Balaban J connectivity index is 1.52. The molecule has 0 unspecified atom stereocenters. The zero-order chi connectivity index (χ0) is 21.4. The minimum atomic E-state index is 0.734. The number of benzene rings is 1. The topological polar surface area (TPSA) is 61.0 Å². The fraction of sp³-hybridized carbons (Fsp3) is 0.208. The zero-order valence-corrected chi connectivity index (χ0v) is 18.3. The smallest absolute Gasteiger partial charge is 0.110 e. The Hall–Kier alpha value is -3.63. The quantitative estimate of drug-likeness (QED) is 0.479. The van der Waals surface area contributed by atoms with Crippen molar-refractivity contribution in [1.29, 1.82) is 5.26 Å². The first kappa shape index (κ1) is 19.3. The predicted octanol–water partition coefficient (Wildman–Crippen LogP) is 4.54. The zero-order valence-electron chi connectivity index (χ0n) is 17.5. The second-order valence-corrected chi connectivity index (χ2v) is 8.82. The molecule has 0 radical (unpaired) electrons. The van der Waals surface area contributed by atoms with Gasteiger partial charge in [0.15, 0.2) is 0 Å². The van der Waals surface area contributed by atoms with E-state index in [0.717, 1.165) is 46.2 Å². The van der Waals surface area contributed by atoms with Gasteiger partial charge >= 0.3 is 0 Å². The van der Waals surface area contributed by atoms with Gasteiger partial charge in [0.05, 0.1) is 17.1 Å². The van der Waals surface area contributed by atoms with Gasteiger partial charge in [-0.05, 0) is 42.0 Å². The molecule has 0 aliphatic carbocycles. The average molecular weight is 427 g/mol. The van der Waals surface area contributed by atoms with Crippen LogP contribution in [0.25, 0.3) is 21.7 Å². The van der Waals surface area contributed by atoms with Crippen molar-refractivity contribution in [3.05, 3.63) is 71.5 Å². The highest BCUT2D eigenvalue weighted by Crippen LogP contribution is 2.39. The Morgan fingerprint density at radius 1 is 1.06 bits per heavy atom. The Labute approximate surface area is 185 Å². The van der Waals surface area contributed by atoms with Crippen LogP contribution in [0.3, 0.4) is 0 Å². The number of aryl methyl sites for hydroxylation is 1. The van der Waals surface area contributed by atoms with Crippen molar-refractivity contribution in [3.63, 3.8) is 0 Å². The molecule has 0 fully saturated rings. The van der Waals surface area contributed by atoms with Crippen LogP contribution in [0.5, 0.6) is 0 Å². The molecular weight excluding hydrogens is 404 g/mol. The van der Waals surface area contributed by atoms with Gasteiger partial charge in [-0.15, -0.1) is 11.3 Å². The molecule has 0 bridgehead atoms. The van der Waals surface area contributed by atoms with Crippen molar-refractivity contribution in [3.8, 4) is 27.8 Å². The van der Waals surface area contributed by atoms with E-state index in [0.29, 0.717) is 0 Å². The maximum Gasteiger partial charge on any atom is 0.110 e. The molecule has 31 heavy (non-hydrogen) atoms. The molecule has 154 valence electrons. The number of likely N-dealkylation sites (N-methyl/N-ethyl adjacent to an activating group) is 1. The molecule has 0 saturated heterocycles. The number of fused-ring (bicyclic) bond motifs is 1. The van der Waals surface area contributed by atoms with E-state index in [1.165, 1.54) is 28.3 Å². The lowest BCUT2D eigenvalue weighted by Gasteiger charge is -2.37. The standard InChI is InChI=1S/C24H22N6S/c1-28-10-11-30(16-19-15-29(2)27-24(19)18-4-3-9-26-14-18)22-12-17(5-7-21(22)28)23-8-6-20(13-25)31-23/h3-9,12,14-15H,10-11,16H2,1-2H3. The number of nitriles is 1. The first-order valence-electron chi connectivity index (χ1n) is 10.2. The van der Waals surface area contributed by atoms with E-state index in [1.54, 1.807) is 6.20 Å². The molecule has 0 saturated carbocycles. The third kappa shape index (κ3) is 3.66. The van der Waals surface area contributed by atoms with Crippen molar-refractivity contribution in [2.24, 2.45) is 7.05 Å². The number of anilines is 2. The van der Waals surface area contributed by atoms with Crippen molar-refractivity contribution in [2.45, 2.75) is 6.54 Å². The largest absolute Gasteiger partial charge is 0.371 e. The van der Waals surface area contributed by atoms with Crippen LogP contribution in [0.4, 0.5) is 11.4 Å². The third-order valence-corrected chi connectivity index (χ3v) is 6.67. The Kier molecular flexibility index (Phi) is 4.92. The van der Waals surface area contributed by atoms with Gasteiger partial charge in [0, 0.05) is 68.3 Å².